The lowest BCUT2D eigenvalue weighted by Gasteiger charge is -2.13. The lowest BCUT2D eigenvalue weighted by Crippen LogP contribution is -2.32. The van der Waals surface area contributed by atoms with E-state index in [4.69, 9.17) is 5.73 Å². The summed E-state index contributed by atoms with van der Waals surface area (Å²) in [5.74, 6) is -1.16. The van der Waals surface area contributed by atoms with E-state index in [-0.39, 0.29) is 49.9 Å². The zero-order chi connectivity index (χ0) is 16.1. The summed E-state index contributed by atoms with van der Waals surface area (Å²) in [5, 5.41) is 2.67. The van der Waals surface area contributed by atoms with Crippen LogP contribution in [0.3, 0.4) is 0 Å². The summed E-state index contributed by atoms with van der Waals surface area (Å²) in [6, 6.07) is 6.74. The molecule has 0 aliphatic carbocycles. The molecule has 7 nitrogen and oxygen atoms in total. The number of imide groups is 1. The highest BCUT2D eigenvalue weighted by Crippen LogP contribution is 2.13. The molecule has 22 heavy (non-hydrogen) atoms. The maximum absolute atomic E-state index is 11.8. The van der Waals surface area contributed by atoms with E-state index in [1.807, 2.05) is 0 Å². The molecule has 1 aromatic rings. The SMILES string of the molecule is NC(=O)Cc1ccc(NC(=O)CCN2C(=O)CCC2=O)cc1. The van der Waals surface area contributed by atoms with Crippen LogP contribution in [0, 0.1) is 0 Å². The number of nitrogens with two attached hydrogens (primary N) is 1. The molecule has 1 aromatic carbocycles. The molecule has 1 saturated heterocycles. The van der Waals surface area contributed by atoms with Gasteiger partial charge < -0.3 is 11.1 Å². The maximum Gasteiger partial charge on any atom is 0.229 e. The van der Waals surface area contributed by atoms with E-state index in [1.165, 1.54) is 0 Å². The van der Waals surface area contributed by atoms with Crippen LogP contribution in [0.1, 0.15) is 24.8 Å². The Hall–Kier alpha value is -2.70. The molecule has 3 N–H and O–H groups in total. The highest BCUT2D eigenvalue weighted by atomic mass is 16.2. The Morgan fingerprint density at radius 3 is 2.23 bits per heavy atom. The van der Waals surface area contributed by atoms with Gasteiger partial charge in [-0.1, -0.05) is 12.1 Å². The number of benzene rings is 1. The number of amides is 4. The Morgan fingerprint density at radius 2 is 1.68 bits per heavy atom. The number of likely N-dealkylation sites (tertiary alicyclic amines) is 1. The summed E-state index contributed by atoms with van der Waals surface area (Å²) in [4.78, 5) is 46.6. The second kappa shape index (κ2) is 6.84. The van der Waals surface area contributed by atoms with Crippen molar-refractivity contribution in [3.63, 3.8) is 0 Å². The molecule has 116 valence electrons. The lowest BCUT2D eigenvalue weighted by molar-refractivity contribution is -0.138. The molecule has 0 atom stereocenters. The van der Waals surface area contributed by atoms with Crippen LogP contribution in [0.2, 0.25) is 0 Å². The van der Waals surface area contributed by atoms with E-state index in [9.17, 15) is 19.2 Å². The predicted octanol–water partition coefficient (Wildman–Crippen LogP) is 0.192. The van der Waals surface area contributed by atoms with E-state index in [1.54, 1.807) is 24.3 Å². The Kier molecular flexibility index (Phi) is 4.88. The highest BCUT2D eigenvalue weighted by molar-refractivity contribution is 6.02. The van der Waals surface area contributed by atoms with Gasteiger partial charge in [-0.05, 0) is 17.7 Å². The van der Waals surface area contributed by atoms with Gasteiger partial charge in [-0.25, -0.2) is 0 Å². The second-order valence-electron chi connectivity index (χ2n) is 5.08. The smallest absolute Gasteiger partial charge is 0.229 e. The molecule has 1 fully saturated rings. The Labute approximate surface area is 127 Å². The average molecular weight is 303 g/mol. The first-order valence-electron chi connectivity index (χ1n) is 6.96. The molecule has 2 rings (SSSR count). The molecule has 0 saturated carbocycles. The quantitative estimate of drug-likeness (QED) is 0.731. The third kappa shape index (κ3) is 4.15. The predicted molar refractivity (Wildman–Crippen MR) is 78.5 cm³/mol. The van der Waals surface area contributed by atoms with Crippen molar-refractivity contribution in [2.75, 3.05) is 11.9 Å². The fraction of sp³-hybridized carbons (Fsp3) is 0.333. The van der Waals surface area contributed by atoms with Crippen LogP contribution < -0.4 is 11.1 Å². The molecule has 0 spiro atoms. The summed E-state index contributed by atoms with van der Waals surface area (Å²) in [6.45, 7) is 0.100. The van der Waals surface area contributed by atoms with Crippen molar-refractivity contribution in [2.24, 2.45) is 5.73 Å². The van der Waals surface area contributed by atoms with Gasteiger partial charge in [0.05, 0.1) is 6.42 Å². The first-order valence-corrected chi connectivity index (χ1v) is 6.96. The summed E-state index contributed by atoms with van der Waals surface area (Å²) in [7, 11) is 0. The molecule has 1 heterocycles. The summed E-state index contributed by atoms with van der Waals surface area (Å²) in [6.07, 6.45) is 0.650. The zero-order valence-electron chi connectivity index (χ0n) is 12.0. The fourth-order valence-electron chi connectivity index (χ4n) is 2.22. The fourth-order valence-corrected chi connectivity index (χ4v) is 2.22. The first kappa shape index (κ1) is 15.7. The molecular formula is C15H17N3O4. The van der Waals surface area contributed by atoms with Crippen molar-refractivity contribution in [1.29, 1.82) is 0 Å². The van der Waals surface area contributed by atoms with Crippen LogP contribution in [0.25, 0.3) is 0 Å². The molecule has 0 aromatic heterocycles. The van der Waals surface area contributed by atoms with Gasteiger partial charge in [0, 0.05) is 31.5 Å². The van der Waals surface area contributed by atoms with Gasteiger partial charge in [0.25, 0.3) is 0 Å². The van der Waals surface area contributed by atoms with Crippen LogP contribution in [0.4, 0.5) is 5.69 Å². The Balaban J connectivity index is 1.83. The first-order chi connectivity index (χ1) is 10.5. The normalized spacial score (nSPS) is 14.3. The number of hydrogen-bond acceptors (Lipinski definition) is 4. The van der Waals surface area contributed by atoms with Crippen molar-refractivity contribution >= 4 is 29.3 Å². The van der Waals surface area contributed by atoms with Gasteiger partial charge in [0.2, 0.25) is 23.6 Å². The van der Waals surface area contributed by atoms with Crippen LogP contribution in [-0.4, -0.2) is 35.1 Å². The molecule has 1 aliphatic heterocycles. The molecule has 0 radical (unpaired) electrons. The van der Waals surface area contributed by atoms with Gasteiger partial charge in [-0.15, -0.1) is 0 Å². The highest BCUT2D eigenvalue weighted by Gasteiger charge is 2.28. The van der Waals surface area contributed by atoms with E-state index in [0.29, 0.717) is 5.69 Å². The second-order valence-corrected chi connectivity index (χ2v) is 5.08. The summed E-state index contributed by atoms with van der Waals surface area (Å²) in [5.41, 5.74) is 6.44. The van der Waals surface area contributed by atoms with Crippen LogP contribution in [0.5, 0.6) is 0 Å². The topological polar surface area (TPSA) is 110 Å². The number of rotatable bonds is 6. The molecular weight excluding hydrogens is 286 g/mol. The number of primary amides is 1. The molecule has 1 aliphatic rings. The minimum Gasteiger partial charge on any atom is -0.369 e. The lowest BCUT2D eigenvalue weighted by atomic mass is 10.1. The molecule has 4 amide bonds. The van der Waals surface area contributed by atoms with E-state index < -0.39 is 5.91 Å². The van der Waals surface area contributed by atoms with Crippen molar-refractivity contribution in [3.8, 4) is 0 Å². The number of nitrogens with zero attached hydrogens (tertiary/aromatic N) is 1. The minimum atomic E-state index is -0.420. The largest absolute Gasteiger partial charge is 0.369 e. The number of carbonyl (C=O) groups is 4. The molecule has 7 heteroatoms. The zero-order valence-corrected chi connectivity index (χ0v) is 12.0. The van der Waals surface area contributed by atoms with Gasteiger partial charge in [-0.2, -0.15) is 0 Å². The van der Waals surface area contributed by atoms with E-state index >= 15 is 0 Å². The number of nitrogens with one attached hydrogen (secondary N) is 1. The molecule has 0 unspecified atom stereocenters. The van der Waals surface area contributed by atoms with E-state index in [0.717, 1.165) is 10.5 Å². The summed E-state index contributed by atoms with van der Waals surface area (Å²) >= 11 is 0. The van der Waals surface area contributed by atoms with Gasteiger partial charge in [-0.3, -0.25) is 24.1 Å². The Morgan fingerprint density at radius 1 is 1.09 bits per heavy atom. The number of hydrogen-bond donors (Lipinski definition) is 2. The third-order valence-corrected chi connectivity index (χ3v) is 3.33. The Bertz CT molecular complexity index is 594. The van der Waals surface area contributed by atoms with Crippen molar-refractivity contribution in [3.05, 3.63) is 29.8 Å². The summed E-state index contributed by atoms with van der Waals surface area (Å²) < 4.78 is 0. The van der Waals surface area contributed by atoms with Gasteiger partial charge in [0.1, 0.15) is 0 Å². The maximum atomic E-state index is 11.8. The number of carbonyl (C=O) groups excluding carboxylic acids is 4. The minimum absolute atomic E-state index is 0.0561. The van der Waals surface area contributed by atoms with Crippen molar-refractivity contribution in [2.45, 2.75) is 25.7 Å². The monoisotopic (exact) mass is 303 g/mol. The third-order valence-electron chi connectivity index (χ3n) is 3.33. The van der Waals surface area contributed by atoms with Crippen LogP contribution in [0.15, 0.2) is 24.3 Å². The van der Waals surface area contributed by atoms with Gasteiger partial charge >= 0.3 is 0 Å². The van der Waals surface area contributed by atoms with E-state index in [2.05, 4.69) is 5.32 Å². The van der Waals surface area contributed by atoms with Crippen LogP contribution in [-0.2, 0) is 25.6 Å². The average Bonchev–Trinajstić information content (AvgIpc) is 2.77. The number of anilines is 1. The van der Waals surface area contributed by atoms with Gasteiger partial charge in [0.15, 0.2) is 0 Å². The van der Waals surface area contributed by atoms with Crippen molar-refractivity contribution < 1.29 is 19.2 Å². The molecule has 0 bridgehead atoms. The van der Waals surface area contributed by atoms with Crippen molar-refractivity contribution in [1.82, 2.24) is 4.90 Å². The van der Waals surface area contributed by atoms with Crippen LogP contribution >= 0.6 is 0 Å². The standard InChI is InChI=1S/C15H17N3O4/c16-12(19)9-10-1-3-11(4-2-10)17-13(20)7-8-18-14(21)5-6-15(18)22/h1-4H,5-9H2,(H2,16,19)(H,17,20).